The summed E-state index contributed by atoms with van der Waals surface area (Å²) in [5.74, 6) is -0.512. The third-order valence-electron chi connectivity index (χ3n) is 1.83. The smallest absolute Gasteiger partial charge is 0.327 e. The summed E-state index contributed by atoms with van der Waals surface area (Å²) in [6, 6.07) is 3.89. The van der Waals surface area contributed by atoms with Crippen LogP contribution in [-0.2, 0) is 9.53 Å². The number of hydrogen-bond donors (Lipinski definition) is 1. The lowest BCUT2D eigenvalue weighted by Gasteiger charge is -2.12. The zero-order chi connectivity index (χ0) is 11.4. The third kappa shape index (κ3) is 3.83. The Morgan fingerprint density at radius 1 is 1.50 bits per heavy atom. The van der Waals surface area contributed by atoms with E-state index in [1.807, 2.05) is 0 Å². The van der Waals surface area contributed by atoms with Crippen LogP contribution in [-0.4, -0.2) is 12.6 Å². The van der Waals surface area contributed by atoms with E-state index in [0.717, 1.165) is 0 Å². The Labute approximate surface area is 110 Å². The number of rotatable bonds is 3. The van der Waals surface area contributed by atoms with E-state index >= 15 is 0 Å². The molecular weight excluding hydrogens is 272 g/mol. The molecule has 0 bridgehead atoms. The number of esters is 1. The van der Waals surface area contributed by atoms with Crippen LogP contribution in [0, 0.1) is 0 Å². The lowest BCUT2D eigenvalue weighted by atomic mass is 10.1. The van der Waals surface area contributed by atoms with Gasteiger partial charge in [0.1, 0.15) is 6.04 Å². The van der Waals surface area contributed by atoms with Crippen molar-refractivity contribution in [1.29, 1.82) is 0 Å². The van der Waals surface area contributed by atoms with Gasteiger partial charge in [-0.15, -0.1) is 12.4 Å². The number of carbonyl (C=O) groups excluding carboxylic acids is 1. The molecule has 0 spiro atoms. The van der Waals surface area contributed by atoms with Gasteiger partial charge in [-0.1, -0.05) is 23.2 Å². The van der Waals surface area contributed by atoms with Gasteiger partial charge in [0.25, 0.3) is 0 Å². The van der Waals surface area contributed by atoms with Gasteiger partial charge in [-0.2, -0.15) is 0 Å². The molecule has 1 aromatic rings. The summed E-state index contributed by atoms with van der Waals surface area (Å²) in [4.78, 5) is 11.4. The monoisotopic (exact) mass is 283 g/mol. The predicted molar refractivity (Wildman–Crippen MR) is 67.3 cm³/mol. The standard InChI is InChI=1S/C10H11Cl2NO2.ClH/c1-2-15-10(14)9(13)7-5-6(11)3-4-8(7)12;/h3-5,9H,2,13H2,1H3;1H. The van der Waals surface area contributed by atoms with Crippen LogP contribution in [0.15, 0.2) is 18.2 Å². The molecule has 6 heteroatoms. The van der Waals surface area contributed by atoms with Crippen LogP contribution in [0.2, 0.25) is 10.0 Å². The summed E-state index contributed by atoms with van der Waals surface area (Å²) in [7, 11) is 0. The highest BCUT2D eigenvalue weighted by atomic mass is 35.5. The van der Waals surface area contributed by atoms with Gasteiger partial charge >= 0.3 is 5.97 Å². The van der Waals surface area contributed by atoms with Crippen LogP contribution in [0.3, 0.4) is 0 Å². The number of hydrogen-bond acceptors (Lipinski definition) is 3. The maximum Gasteiger partial charge on any atom is 0.327 e. The van der Waals surface area contributed by atoms with Crippen molar-refractivity contribution in [3.63, 3.8) is 0 Å². The number of carbonyl (C=O) groups is 1. The second-order valence-electron chi connectivity index (χ2n) is 2.90. The van der Waals surface area contributed by atoms with E-state index in [-0.39, 0.29) is 19.0 Å². The molecule has 2 N–H and O–H groups in total. The summed E-state index contributed by atoms with van der Waals surface area (Å²) in [5.41, 5.74) is 6.15. The van der Waals surface area contributed by atoms with Gasteiger partial charge in [-0.3, -0.25) is 0 Å². The van der Waals surface area contributed by atoms with Gasteiger partial charge in [-0.05, 0) is 25.1 Å². The quantitative estimate of drug-likeness (QED) is 0.868. The second kappa shape index (κ2) is 6.97. The van der Waals surface area contributed by atoms with Gasteiger partial charge < -0.3 is 10.5 Å². The lowest BCUT2D eigenvalue weighted by molar-refractivity contribution is -0.144. The molecule has 1 rings (SSSR count). The summed E-state index contributed by atoms with van der Waals surface area (Å²) in [6.07, 6.45) is 0. The molecule has 0 radical (unpaired) electrons. The molecule has 1 atom stereocenters. The average molecular weight is 285 g/mol. The number of benzene rings is 1. The molecular formula is C10H12Cl3NO2. The summed E-state index contributed by atoms with van der Waals surface area (Å²) >= 11 is 11.7. The van der Waals surface area contributed by atoms with E-state index in [4.69, 9.17) is 33.7 Å². The molecule has 0 saturated heterocycles. The fourth-order valence-corrected chi connectivity index (χ4v) is 1.53. The van der Waals surface area contributed by atoms with Crippen molar-refractivity contribution in [3.05, 3.63) is 33.8 Å². The number of nitrogens with two attached hydrogens (primary N) is 1. The Morgan fingerprint density at radius 3 is 2.69 bits per heavy atom. The number of halogens is 3. The zero-order valence-electron chi connectivity index (χ0n) is 8.57. The van der Waals surface area contributed by atoms with E-state index < -0.39 is 12.0 Å². The normalized spacial score (nSPS) is 11.5. The molecule has 0 aliphatic carbocycles. The van der Waals surface area contributed by atoms with E-state index in [1.165, 1.54) is 0 Å². The minimum Gasteiger partial charge on any atom is -0.465 e. The van der Waals surface area contributed by atoms with Gasteiger partial charge in [0.2, 0.25) is 0 Å². The number of ether oxygens (including phenoxy) is 1. The van der Waals surface area contributed by atoms with Crippen LogP contribution in [0.25, 0.3) is 0 Å². The second-order valence-corrected chi connectivity index (χ2v) is 3.74. The first-order valence-electron chi connectivity index (χ1n) is 4.43. The first kappa shape index (κ1) is 15.5. The van der Waals surface area contributed by atoms with Crippen LogP contribution >= 0.6 is 35.6 Å². The van der Waals surface area contributed by atoms with Crippen LogP contribution in [0.4, 0.5) is 0 Å². The molecule has 90 valence electrons. The lowest BCUT2D eigenvalue weighted by Crippen LogP contribution is -2.24. The molecule has 1 aromatic carbocycles. The highest BCUT2D eigenvalue weighted by Crippen LogP contribution is 2.25. The molecule has 0 aliphatic rings. The van der Waals surface area contributed by atoms with Gasteiger partial charge in [0, 0.05) is 15.6 Å². The summed E-state index contributed by atoms with van der Waals surface area (Å²) < 4.78 is 4.79. The first-order valence-corrected chi connectivity index (χ1v) is 5.19. The highest BCUT2D eigenvalue weighted by molar-refractivity contribution is 6.33. The van der Waals surface area contributed by atoms with E-state index in [2.05, 4.69) is 0 Å². The molecule has 0 aromatic heterocycles. The Morgan fingerprint density at radius 2 is 2.12 bits per heavy atom. The first-order chi connectivity index (χ1) is 7.06. The van der Waals surface area contributed by atoms with Crippen molar-refractivity contribution in [2.75, 3.05) is 6.61 Å². The Kier molecular flexibility index (Phi) is 6.76. The minimum absolute atomic E-state index is 0. The molecule has 0 aliphatic heterocycles. The Bertz CT molecular complexity index is 371. The molecule has 0 fully saturated rings. The van der Waals surface area contributed by atoms with Crippen LogP contribution in [0.1, 0.15) is 18.5 Å². The van der Waals surface area contributed by atoms with Crippen LogP contribution in [0.5, 0.6) is 0 Å². The van der Waals surface area contributed by atoms with Crippen LogP contribution < -0.4 is 5.73 Å². The minimum atomic E-state index is -0.892. The van der Waals surface area contributed by atoms with Crippen molar-refractivity contribution >= 4 is 41.6 Å². The fraction of sp³-hybridized carbons (Fsp3) is 0.300. The third-order valence-corrected chi connectivity index (χ3v) is 2.41. The van der Waals surface area contributed by atoms with Crippen molar-refractivity contribution in [1.82, 2.24) is 0 Å². The molecule has 3 nitrogen and oxygen atoms in total. The molecule has 0 amide bonds. The predicted octanol–water partition coefficient (Wildman–Crippen LogP) is 2.98. The molecule has 0 heterocycles. The average Bonchev–Trinajstić information content (AvgIpc) is 2.21. The van der Waals surface area contributed by atoms with Gasteiger partial charge in [0.05, 0.1) is 6.61 Å². The largest absolute Gasteiger partial charge is 0.465 e. The SMILES string of the molecule is CCOC(=O)C(N)c1cc(Cl)ccc1Cl.Cl. The molecule has 1 unspecified atom stereocenters. The highest BCUT2D eigenvalue weighted by Gasteiger charge is 2.19. The Balaban J connectivity index is 0.00000225. The summed E-state index contributed by atoms with van der Waals surface area (Å²) in [6.45, 7) is 1.99. The maximum absolute atomic E-state index is 11.4. The van der Waals surface area contributed by atoms with E-state index in [1.54, 1.807) is 25.1 Å². The van der Waals surface area contributed by atoms with Crippen molar-refractivity contribution < 1.29 is 9.53 Å². The van der Waals surface area contributed by atoms with Crippen molar-refractivity contribution in [3.8, 4) is 0 Å². The zero-order valence-corrected chi connectivity index (χ0v) is 10.9. The fourth-order valence-electron chi connectivity index (χ4n) is 1.11. The van der Waals surface area contributed by atoms with Crippen molar-refractivity contribution in [2.45, 2.75) is 13.0 Å². The van der Waals surface area contributed by atoms with Gasteiger partial charge in [0.15, 0.2) is 0 Å². The van der Waals surface area contributed by atoms with E-state index in [9.17, 15) is 4.79 Å². The van der Waals surface area contributed by atoms with E-state index in [0.29, 0.717) is 15.6 Å². The summed E-state index contributed by atoms with van der Waals surface area (Å²) in [5, 5.41) is 0.883. The molecule has 16 heavy (non-hydrogen) atoms. The maximum atomic E-state index is 11.4. The Hall–Kier alpha value is -0.480. The van der Waals surface area contributed by atoms with Crippen molar-refractivity contribution in [2.24, 2.45) is 5.73 Å². The topological polar surface area (TPSA) is 52.3 Å². The molecule has 0 saturated carbocycles. The van der Waals surface area contributed by atoms with Gasteiger partial charge in [-0.25, -0.2) is 4.79 Å².